The summed E-state index contributed by atoms with van der Waals surface area (Å²) in [7, 11) is -9.25. The van der Waals surface area contributed by atoms with Gasteiger partial charge < -0.3 is 0 Å². The van der Waals surface area contributed by atoms with Gasteiger partial charge in [0.15, 0.2) is 0 Å². The normalized spacial score (nSPS) is 14.0. The monoisotopic (exact) mass is 218 g/mol. The summed E-state index contributed by atoms with van der Waals surface area (Å²) in [5.41, 5.74) is 0. The molecule has 0 nitrogen and oxygen atoms in total. The molecule has 12 heavy (non-hydrogen) atoms. The van der Waals surface area contributed by atoms with Gasteiger partial charge in [0.1, 0.15) is 0 Å². The van der Waals surface area contributed by atoms with Crippen LogP contribution in [0.15, 0.2) is 0 Å². The molecule has 0 aliphatic rings. The second-order valence-electron chi connectivity index (χ2n) is 2.95. The molecular formula is C6H14F4Si2. The van der Waals surface area contributed by atoms with Gasteiger partial charge in [-0.15, -0.1) is 0 Å². The van der Waals surface area contributed by atoms with E-state index in [1.165, 1.54) is 13.8 Å². The molecule has 0 heterocycles. The number of hydrogen-bond donors (Lipinski definition) is 0. The van der Waals surface area contributed by atoms with Crippen molar-refractivity contribution in [3.05, 3.63) is 0 Å². The molecular weight excluding hydrogens is 204 g/mol. The highest BCUT2D eigenvalue weighted by Crippen LogP contribution is 2.39. The van der Waals surface area contributed by atoms with Gasteiger partial charge in [-0.3, -0.25) is 16.4 Å². The standard InChI is InChI=1S/C6H14F4Si2/c1-4-11(7,8)6(3)12(9,10)5-2/h6H,4-5H2,1-3H3. The van der Waals surface area contributed by atoms with Crippen molar-refractivity contribution in [3.8, 4) is 0 Å². The Hall–Kier alpha value is 0.154. The fourth-order valence-corrected chi connectivity index (χ4v) is 5.84. The largest absolute Gasteiger partial charge is 0.429 e. The van der Waals surface area contributed by atoms with Crippen molar-refractivity contribution in [1.82, 2.24) is 0 Å². The summed E-state index contributed by atoms with van der Waals surface area (Å²) >= 11 is 0. The summed E-state index contributed by atoms with van der Waals surface area (Å²) in [5, 5.41) is -1.60. The number of halogens is 4. The molecule has 0 aromatic carbocycles. The third-order valence-corrected chi connectivity index (χ3v) is 9.16. The van der Waals surface area contributed by atoms with Gasteiger partial charge in [0.2, 0.25) is 0 Å². The van der Waals surface area contributed by atoms with Gasteiger partial charge in [0.25, 0.3) is 0 Å². The van der Waals surface area contributed by atoms with E-state index in [4.69, 9.17) is 0 Å². The highest BCUT2D eigenvalue weighted by molar-refractivity contribution is 6.87. The van der Waals surface area contributed by atoms with E-state index in [1.54, 1.807) is 0 Å². The van der Waals surface area contributed by atoms with Crippen LogP contribution in [0.1, 0.15) is 20.8 Å². The van der Waals surface area contributed by atoms with Crippen LogP contribution >= 0.6 is 0 Å². The van der Waals surface area contributed by atoms with E-state index in [0.29, 0.717) is 0 Å². The zero-order chi connectivity index (χ0) is 9.99. The van der Waals surface area contributed by atoms with E-state index in [0.717, 1.165) is 6.92 Å². The first kappa shape index (κ1) is 12.2. The SMILES string of the molecule is CC[Si](F)(F)C(C)[Si](F)(F)CC. The van der Waals surface area contributed by atoms with E-state index in [2.05, 4.69) is 0 Å². The molecule has 0 amide bonds. The van der Waals surface area contributed by atoms with E-state index >= 15 is 0 Å². The number of hydrogen-bond acceptors (Lipinski definition) is 0. The molecule has 0 fully saturated rings. The van der Waals surface area contributed by atoms with Crippen LogP contribution in [0, 0.1) is 0 Å². The maximum Gasteiger partial charge on any atom is 0.429 e. The van der Waals surface area contributed by atoms with Crippen molar-refractivity contribution in [1.29, 1.82) is 0 Å². The molecule has 6 heteroatoms. The molecule has 0 saturated heterocycles. The second kappa shape index (κ2) is 3.91. The molecule has 0 saturated carbocycles. The van der Waals surface area contributed by atoms with Crippen LogP contribution in [0.3, 0.4) is 0 Å². The molecule has 0 radical (unpaired) electrons. The van der Waals surface area contributed by atoms with Gasteiger partial charge in [0, 0.05) is 0 Å². The average Bonchev–Trinajstić information content (AvgIpc) is 2.03. The van der Waals surface area contributed by atoms with Crippen molar-refractivity contribution in [3.63, 3.8) is 0 Å². The first-order chi connectivity index (χ1) is 5.28. The second-order valence-corrected chi connectivity index (χ2v) is 9.72. The topological polar surface area (TPSA) is 0 Å². The Balaban J connectivity index is 4.47. The lowest BCUT2D eigenvalue weighted by Crippen LogP contribution is -2.42. The van der Waals surface area contributed by atoms with Crippen molar-refractivity contribution < 1.29 is 16.4 Å². The maximum absolute atomic E-state index is 12.9. The molecule has 0 aromatic heterocycles. The molecule has 74 valence electrons. The summed E-state index contributed by atoms with van der Waals surface area (Å²) in [6, 6.07) is -0.729. The molecule has 0 rings (SSSR count). The van der Waals surface area contributed by atoms with Crippen LogP contribution in [0.4, 0.5) is 16.4 Å². The van der Waals surface area contributed by atoms with Gasteiger partial charge in [0.05, 0.1) is 5.16 Å². The van der Waals surface area contributed by atoms with Crippen molar-refractivity contribution in [2.75, 3.05) is 0 Å². The minimum atomic E-state index is -4.63. The summed E-state index contributed by atoms with van der Waals surface area (Å²) < 4.78 is 51.7. The Kier molecular flexibility index (Phi) is 3.96. The maximum atomic E-state index is 12.9. The lowest BCUT2D eigenvalue weighted by atomic mass is 10.9. The van der Waals surface area contributed by atoms with Crippen molar-refractivity contribution >= 4 is 17.5 Å². The molecule has 0 unspecified atom stereocenters. The summed E-state index contributed by atoms with van der Waals surface area (Å²) in [4.78, 5) is 0. The molecule has 0 aromatic rings. The van der Waals surface area contributed by atoms with E-state index in [1.807, 2.05) is 0 Å². The van der Waals surface area contributed by atoms with Gasteiger partial charge in [-0.1, -0.05) is 20.8 Å². The van der Waals surface area contributed by atoms with Gasteiger partial charge in [-0.25, -0.2) is 0 Å². The highest BCUT2D eigenvalue weighted by atomic mass is 28.5. The molecule has 0 aliphatic carbocycles. The molecule has 0 aliphatic heterocycles. The molecule has 0 bridgehead atoms. The van der Waals surface area contributed by atoms with Crippen LogP contribution in [-0.4, -0.2) is 17.5 Å². The Morgan fingerprint density at radius 2 is 1.17 bits per heavy atom. The third kappa shape index (κ3) is 2.58. The van der Waals surface area contributed by atoms with Crippen LogP contribution in [0.2, 0.25) is 17.3 Å². The highest BCUT2D eigenvalue weighted by Gasteiger charge is 2.55. The van der Waals surface area contributed by atoms with Crippen LogP contribution < -0.4 is 0 Å². The van der Waals surface area contributed by atoms with Crippen LogP contribution in [-0.2, 0) is 0 Å². The molecule has 0 atom stereocenters. The zero-order valence-electron chi connectivity index (χ0n) is 7.50. The van der Waals surface area contributed by atoms with Crippen molar-refractivity contribution in [2.24, 2.45) is 0 Å². The minimum Gasteiger partial charge on any atom is -0.270 e. The van der Waals surface area contributed by atoms with E-state index in [9.17, 15) is 16.4 Å². The number of rotatable bonds is 4. The summed E-state index contributed by atoms with van der Waals surface area (Å²) in [6.45, 7) is 3.61. The zero-order valence-corrected chi connectivity index (χ0v) is 9.50. The summed E-state index contributed by atoms with van der Waals surface area (Å²) in [5.74, 6) is 0. The molecule has 0 spiro atoms. The van der Waals surface area contributed by atoms with Crippen molar-refractivity contribution in [2.45, 2.75) is 38.0 Å². The fourth-order valence-electron chi connectivity index (χ4n) is 0.921. The van der Waals surface area contributed by atoms with Crippen LogP contribution in [0.5, 0.6) is 0 Å². The van der Waals surface area contributed by atoms with E-state index in [-0.39, 0.29) is 12.1 Å². The third-order valence-electron chi connectivity index (χ3n) is 2.21. The lowest BCUT2D eigenvalue weighted by Gasteiger charge is -2.24. The Bertz CT molecular complexity index is 132. The van der Waals surface area contributed by atoms with E-state index < -0.39 is 22.6 Å². The van der Waals surface area contributed by atoms with Gasteiger partial charge in [-0.2, -0.15) is 0 Å². The Morgan fingerprint density at radius 1 is 0.917 bits per heavy atom. The first-order valence-electron chi connectivity index (χ1n) is 4.03. The quantitative estimate of drug-likeness (QED) is 0.383. The first-order valence-corrected chi connectivity index (χ1v) is 8.11. The smallest absolute Gasteiger partial charge is 0.270 e. The average molecular weight is 218 g/mol. The Labute approximate surface area is 72.7 Å². The van der Waals surface area contributed by atoms with Gasteiger partial charge >= 0.3 is 17.5 Å². The lowest BCUT2D eigenvalue weighted by molar-refractivity contribution is 0.527. The van der Waals surface area contributed by atoms with Gasteiger partial charge in [-0.05, 0) is 12.1 Å². The Morgan fingerprint density at radius 3 is 1.33 bits per heavy atom. The van der Waals surface area contributed by atoms with Crippen LogP contribution in [0.25, 0.3) is 0 Å². The molecule has 0 N–H and O–H groups in total. The minimum absolute atomic E-state index is 0.364. The predicted molar refractivity (Wildman–Crippen MR) is 46.3 cm³/mol. The fraction of sp³-hybridized carbons (Fsp3) is 1.00. The summed E-state index contributed by atoms with van der Waals surface area (Å²) in [6.07, 6.45) is 0. The predicted octanol–water partition coefficient (Wildman–Crippen LogP) is 3.72.